The lowest BCUT2D eigenvalue weighted by molar-refractivity contribution is 0.228. The highest BCUT2D eigenvalue weighted by Crippen LogP contribution is 2.35. The number of rotatable bonds is 3. The highest BCUT2D eigenvalue weighted by molar-refractivity contribution is 5.74. The number of carbonyl (C=O) groups is 1. The Labute approximate surface area is 133 Å². The number of urea groups is 1. The maximum Gasteiger partial charge on any atom is 0.315 e. The maximum atomic E-state index is 13.9. The Morgan fingerprint density at radius 1 is 1.48 bits per heavy atom. The van der Waals surface area contributed by atoms with Gasteiger partial charge in [0.1, 0.15) is 5.82 Å². The summed E-state index contributed by atoms with van der Waals surface area (Å²) < 4.78 is 18.8. The van der Waals surface area contributed by atoms with E-state index in [1.807, 2.05) is 6.07 Å². The van der Waals surface area contributed by atoms with Gasteiger partial charge in [0.15, 0.2) is 5.82 Å². The predicted molar refractivity (Wildman–Crippen MR) is 81.0 cm³/mol. The van der Waals surface area contributed by atoms with E-state index in [0.717, 1.165) is 12.0 Å². The van der Waals surface area contributed by atoms with Crippen molar-refractivity contribution in [3.8, 4) is 0 Å². The average Bonchev–Trinajstić information content (AvgIpc) is 2.94. The Kier molecular flexibility index (Phi) is 4.27. The molecule has 0 aliphatic heterocycles. The van der Waals surface area contributed by atoms with Gasteiger partial charge in [-0.25, -0.2) is 9.18 Å². The third-order valence-corrected chi connectivity index (χ3v) is 4.17. The number of hydrogen-bond donors (Lipinski definition) is 2. The lowest BCUT2D eigenvalue weighted by Crippen LogP contribution is -2.41. The van der Waals surface area contributed by atoms with Gasteiger partial charge < -0.3 is 15.2 Å². The van der Waals surface area contributed by atoms with Gasteiger partial charge in [-0.05, 0) is 36.0 Å². The van der Waals surface area contributed by atoms with Gasteiger partial charge in [-0.1, -0.05) is 24.2 Å². The van der Waals surface area contributed by atoms with Crippen LogP contribution in [0.1, 0.15) is 42.2 Å². The van der Waals surface area contributed by atoms with Gasteiger partial charge in [-0.3, -0.25) is 0 Å². The van der Waals surface area contributed by atoms with E-state index in [0.29, 0.717) is 23.7 Å². The Hall–Kier alpha value is -2.44. The number of aromatic nitrogens is 2. The lowest BCUT2D eigenvalue weighted by atomic mass is 9.80. The molecule has 1 aliphatic carbocycles. The Morgan fingerprint density at radius 2 is 2.30 bits per heavy atom. The van der Waals surface area contributed by atoms with Crippen molar-refractivity contribution in [2.75, 3.05) is 0 Å². The molecular formula is C16H19FN4O2. The third kappa shape index (κ3) is 3.33. The molecule has 0 fully saturated rings. The van der Waals surface area contributed by atoms with E-state index in [1.165, 1.54) is 6.07 Å². The first-order valence-electron chi connectivity index (χ1n) is 7.65. The molecule has 23 heavy (non-hydrogen) atoms. The van der Waals surface area contributed by atoms with E-state index in [4.69, 9.17) is 4.52 Å². The normalized spacial score (nSPS) is 20.0. The fourth-order valence-corrected chi connectivity index (χ4v) is 2.96. The Morgan fingerprint density at radius 3 is 3.04 bits per heavy atom. The first kappa shape index (κ1) is 15.5. The molecule has 6 nitrogen and oxygen atoms in total. The summed E-state index contributed by atoms with van der Waals surface area (Å²) in [5, 5.41) is 9.34. The third-order valence-electron chi connectivity index (χ3n) is 4.17. The van der Waals surface area contributed by atoms with Gasteiger partial charge in [-0.2, -0.15) is 4.98 Å². The van der Waals surface area contributed by atoms with Crippen LogP contribution >= 0.6 is 0 Å². The molecule has 2 atom stereocenters. The van der Waals surface area contributed by atoms with Crippen LogP contribution in [-0.2, 0) is 13.0 Å². The number of carbonyl (C=O) groups excluding carboxylic acids is 1. The topological polar surface area (TPSA) is 80.0 Å². The number of benzene rings is 1. The number of fused-ring (bicyclic) bond motifs is 1. The van der Waals surface area contributed by atoms with Gasteiger partial charge in [0, 0.05) is 6.92 Å². The van der Waals surface area contributed by atoms with Crippen molar-refractivity contribution in [1.82, 2.24) is 20.8 Å². The minimum atomic E-state index is -0.332. The first-order valence-corrected chi connectivity index (χ1v) is 7.65. The summed E-state index contributed by atoms with van der Waals surface area (Å²) in [4.78, 5) is 16.2. The van der Waals surface area contributed by atoms with Crippen molar-refractivity contribution in [2.24, 2.45) is 5.92 Å². The number of amides is 2. The maximum absolute atomic E-state index is 13.9. The molecule has 7 heteroatoms. The second-order valence-electron chi connectivity index (χ2n) is 5.86. The molecule has 1 aromatic carbocycles. The van der Waals surface area contributed by atoms with E-state index in [1.54, 1.807) is 13.0 Å². The van der Waals surface area contributed by atoms with Crippen LogP contribution in [-0.4, -0.2) is 16.2 Å². The molecule has 122 valence electrons. The first-order chi connectivity index (χ1) is 11.0. The molecular weight excluding hydrogens is 299 g/mol. The minimum Gasteiger partial charge on any atom is -0.340 e. The zero-order chi connectivity index (χ0) is 16.4. The fraction of sp³-hybridized carbons (Fsp3) is 0.438. The van der Waals surface area contributed by atoms with Gasteiger partial charge in [-0.15, -0.1) is 0 Å². The van der Waals surface area contributed by atoms with Crippen molar-refractivity contribution in [2.45, 2.75) is 39.3 Å². The number of nitrogens with one attached hydrogen (secondary N) is 2. The molecule has 0 bridgehead atoms. The molecule has 0 saturated heterocycles. The van der Waals surface area contributed by atoms with Crippen LogP contribution in [0.5, 0.6) is 0 Å². The van der Waals surface area contributed by atoms with Gasteiger partial charge >= 0.3 is 6.03 Å². The Bertz CT molecular complexity index is 716. The van der Waals surface area contributed by atoms with Crippen LogP contribution in [0.3, 0.4) is 0 Å². The van der Waals surface area contributed by atoms with Crippen LogP contribution in [0.4, 0.5) is 9.18 Å². The second kappa shape index (κ2) is 6.36. The van der Waals surface area contributed by atoms with Gasteiger partial charge in [0.25, 0.3) is 0 Å². The highest BCUT2D eigenvalue weighted by atomic mass is 19.1. The average molecular weight is 318 g/mol. The van der Waals surface area contributed by atoms with E-state index in [9.17, 15) is 9.18 Å². The molecule has 1 aliphatic rings. The van der Waals surface area contributed by atoms with Gasteiger partial charge in [0.2, 0.25) is 5.89 Å². The largest absolute Gasteiger partial charge is 0.340 e. The van der Waals surface area contributed by atoms with Crippen LogP contribution < -0.4 is 10.6 Å². The van der Waals surface area contributed by atoms with Crippen molar-refractivity contribution in [1.29, 1.82) is 0 Å². The van der Waals surface area contributed by atoms with E-state index in [-0.39, 0.29) is 30.4 Å². The molecule has 3 rings (SSSR count). The van der Waals surface area contributed by atoms with Crippen molar-refractivity contribution >= 4 is 6.03 Å². The molecule has 1 heterocycles. The molecule has 0 saturated carbocycles. The highest BCUT2D eigenvalue weighted by Gasteiger charge is 2.29. The molecule has 2 aromatic rings. The second-order valence-corrected chi connectivity index (χ2v) is 5.86. The van der Waals surface area contributed by atoms with Gasteiger partial charge in [0.05, 0.1) is 12.6 Å². The van der Waals surface area contributed by atoms with Crippen LogP contribution in [0.25, 0.3) is 0 Å². The van der Waals surface area contributed by atoms with Crippen LogP contribution in [0.2, 0.25) is 0 Å². The molecule has 2 amide bonds. The SMILES string of the molecule is Cc1nc(CNC(=O)N[C@@H]2c3cccc(F)c3CC[C@@H]2C)no1. The monoisotopic (exact) mass is 318 g/mol. The number of halogens is 1. The van der Waals surface area contributed by atoms with E-state index >= 15 is 0 Å². The standard InChI is InChI=1S/C16H19FN4O2/c1-9-6-7-11-12(4-3-5-13(11)17)15(9)20-16(22)18-8-14-19-10(2)23-21-14/h3-5,9,15H,6-8H2,1-2H3,(H2,18,20,22)/t9-,15-/m0/s1. The number of aryl methyl sites for hydroxylation is 1. The quantitative estimate of drug-likeness (QED) is 0.912. The van der Waals surface area contributed by atoms with Crippen LogP contribution in [0.15, 0.2) is 22.7 Å². The Balaban J connectivity index is 1.67. The van der Waals surface area contributed by atoms with Crippen molar-refractivity contribution in [3.63, 3.8) is 0 Å². The molecule has 2 N–H and O–H groups in total. The summed E-state index contributed by atoms with van der Waals surface area (Å²) in [6, 6.07) is 4.48. The molecule has 0 spiro atoms. The molecule has 1 aromatic heterocycles. The lowest BCUT2D eigenvalue weighted by Gasteiger charge is -2.32. The van der Waals surface area contributed by atoms with Crippen molar-refractivity contribution < 1.29 is 13.7 Å². The van der Waals surface area contributed by atoms with E-state index in [2.05, 4.69) is 27.7 Å². The smallest absolute Gasteiger partial charge is 0.315 e. The van der Waals surface area contributed by atoms with E-state index < -0.39 is 0 Å². The fourth-order valence-electron chi connectivity index (χ4n) is 2.96. The number of hydrogen-bond acceptors (Lipinski definition) is 4. The molecule has 0 unspecified atom stereocenters. The minimum absolute atomic E-state index is 0.181. The predicted octanol–water partition coefficient (Wildman–Crippen LogP) is 2.64. The molecule has 0 radical (unpaired) electrons. The number of nitrogens with zero attached hydrogens (tertiary/aromatic N) is 2. The summed E-state index contributed by atoms with van der Waals surface area (Å²) >= 11 is 0. The summed E-state index contributed by atoms with van der Waals surface area (Å²) in [5.41, 5.74) is 1.55. The zero-order valence-corrected chi connectivity index (χ0v) is 13.1. The van der Waals surface area contributed by atoms with Crippen molar-refractivity contribution in [3.05, 3.63) is 46.9 Å². The summed E-state index contributed by atoms with van der Waals surface area (Å²) in [6.07, 6.45) is 1.54. The summed E-state index contributed by atoms with van der Waals surface area (Å²) in [5.74, 6) is 0.902. The zero-order valence-electron chi connectivity index (χ0n) is 13.1. The summed E-state index contributed by atoms with van der Waals surface area (Å²) in [7, 11) is 0. The summed E-state index contributed by atoms with van der Waals surface area (Å²) in [6.45, 7) is 3.92. The van der Waals surface area contributed by atoms with Crippen LogP contribution in [0, 0.1) is 18.7 Å².